The predicted molar refractivity (Wildman–Crippen MR) is 122 cm³/mol. The topological polar surface area (TPSA) is 96.7 Å². The van der Waals surface area contributed by atoms with Gasteiger partial charge in [0.15, 0.2) is 0 Å². The lowest BCUT2D eigenvalue weighted by atomic mass is 10.2. The van der Waals surface area contributed by atoms with Crippen LogP contribution < -0.4 is 10.2 Å². The molecule has 168 valence electrons. The zero-order chi connectivity index (χ0) is 22.6. The summed E-state index contributed by atoms with van der Waals surface area (Å²) in [6, 6.07) is 15.9. The Bertz CT molecular complexity index is 1080. The van der Waals surface area contributed by atoms with Crippen molar-refractivity contribution < 1.29 is 13.2 Å². The van der Waals surface area contributed by atoms with Gasteiger partial charge in [0.05, 0.1) is 16.5 Å². The lowest BCUT2D eigenvalue weighted by Crippen LogP contribution is -2.52. The number of rotatable bonds is 5. The summed E-state index contributed by atoms with van der Waals surface area (Å²) >= 11 is 0. The van der Waals surface area contributed by atoms with Crippen LogP contribution in [0.4, 0.5) is 10.5 Å². The number of carbonyl (C=O) groups is 1. The molecule has 8 nitrogen and oxygen atoms in total. The Morgan fingerprint density at radius 2 is 1.53 bits per heavy atom. The van der Waals surface area contributed by atoms with Gasteiger partial charge >= 0.3 is 6.03 Å². The molecule has 0 unspecified atom stereocenters. The molecule has 2 heterocycles. The molecule has 2 aromatic carbocycles. The van der Waals surface area contributed by atoms with E-state index in [4.69, 9.17) is 5.26 Å². The largest absolute Gasteiger partial charge is 0.372 e. The molecule has 2 amide bonds. The molecule has 2 aromatic rings. The summed E-state index contributed by atoms with van der Waals surface area (Å²) in [5, 5.41) is 11.8. The van der Waals surface area contributed by atoms with Gasteiger partial charge in [-0.3, -0.25) is 0 Å². The van der Waals surface area contributed by atoms with Crippen molar-refractivity contribution in [3.63, 3.8) is 0 Å². The summed E-state index contributed by atoms with van der Waals surface area (Å²) in [6.45, 7) is 3.76. The normalized spacial score (nSPS) is 17.2. The zero-order valence-electron chi connectivity index (χ0n) is 17.9. The summed E-state index contributed by atoms with van der Waals surface area (Å²) in [6.07, 6.45) is 2.47. The molecule has 0 atom stereocenters. The maximum Gasteiger partial charge on any atom is 0.317 e. The zero-order valence-corrected chi connectivity index (χ0v) is 18.7. The van der Waals surface area contributed by atoms with Crippen molar-refractivity contribution in [3.8, 4) is 6.07 Å². The lowest BCUT2D eigenvalue weighted by molar-refractivity contribution is 0.172. The van der Waals surface area contributed by atoms with E-state index in [1.807, 2.05) is 18.2 Å². The van der Waals surface area contributed by atoms with Gasteiger partial charge in [0, 0.05) is 51.5 Å². The van der Waals surface area contributed by atoms with Crippen LogP contribution in [0.3, 0.4) is 0 Å². The SMILES string of the molecule is N#Cc1ccc(S(=O)(=O)N2CCN(C(=O)NCc3ccc(N4CCCC4)cc3)CC2)cc1. The number of sulfonamides is 1. The molecule has 2 aliphatic heterocycles. The molecule has 0 bridgehead atoms. The molecule has 2 aliphatic rings. The van der Waals surface area contributed by atoms with Crippen LogP contribution >= 0.6 is 0 Å². The van der Waals surface area contributed by atoms with E-state index >= 15 is 0 Å². The third kappa shape index (κ3) is 4.87. The van der Waals surface area contributed by atoms with Crippen molar-refractivity contribution in [3.05, 3.63) is 59.7 Å². The highest BCUT2D eigenvalue weighted by atomic mass is 32.2. The van der Waals surface area contributed by atoms with Crippen LogP contribution in [0, 0.1) is 11.3 Å². The summed E-state index contributed by atoms with van der Waals surface area (Å²) in [7, 11) is -3.64. The van der Waals surface area contributed by atoms with Crippen molar-refractivity contribution >= 4 is 21.7 Å². The van der Waals surface area contributed by atoms with E-state index in [2.05, 4.69) is 22.3 Å². The number of hydrogen-bond donors (Lipinski definition) is 1. The Kier molecular flexibility index (Phi) is 6.63. The number of piperazine rings is 1. The molecule has 9 heteroatoms. The minimum atomic E-state index is -3.64. The predicted octanol–water partition coefficient (Wildman–Crippen LogP) is 2.37. The van der Waals surface area contributed by atoms with Crippen molar-refractivity contribution in [1.29, 1.82) is 5.26 Å². The highest BCUT2D eigenvalue weighted by Gasteiger charge is 2.30. The molecule has 2 fully saturated rings. The number of nitriles is 1. The van der Waals surface area contributed by atoms with Crippen LogP contribution in [0.25, 0.3) is 0 Å². The first-order valence-electron chi connectivity index (χ1n) is 10.8. The van der Waals surface area contributed by atoms with Gasteiger partial charge in [0.1, 0.15) is 0 Å². The molecule has 0 aromatic heterocycles. The Labute approximate surface area is 189 Å². The third-order valence-electron chi connectivity index (χ3n) is 6.00. The van der Waals surface area contributed by atoms with Crippen LogP contribution in [0.5, 0.6) is 0 Å². The highest BCUT2D eigenvalue weighted by Crippen LogP contribution is 2.21. The van der Waals surface area contributed by atoms with E-state index in [1.54, 1.807) is 4.90 Å². The Balaban J connectivity index is 1.27. The van der Waals surface area contributed by atoms with Gasteiger partial charge in [-0.15, -0.1) is 0 Å². The van der Waals surface area contributed by atoms with Crippen LogP contribution in [0.2, 0.25) is 0 Å². The van der Waals surface area contributed by atoms with Crippen LogP contribution in [0.1, 0.15) is 24.0 Å². The first-order chi connectivity index (χ1) is 15.5. The molecule has 4 rings (SSSR count). The number of hydrogen-bond acceptors (Lipinski definition) is 5. The van der Waals surface area contributed by atoms with E-state index in [-0.39, 0.29) is 24.0 Å². The number of amides is 2. The van der Waals surface area contributed by atoms with Gasteiger partial charge in [-0.1, -0.05) is 12.1 Å². The molecule has 0 radical (unpaired) electrons. The number of nitrogens with zero attached hydrogens (tertiary/aromatic N) is 4. The van der Waals surface area contributed by atoms with E-state index in [0.29, 0.717) is 25.2 Å². The van der Waals surface area contributed by atoms with Gasteiger partial charge in [0.2, 0.25) is 10.0 Å². The molecule has 1 N–H and O–H groups in total. The van der Waals surface area contributed by atoms with E-state index in [1.165, 1.54) is 47.1 Å². The van der Waals surface area contributed by atoms with E-state index < -0.39 is 10.0 Å². The van der Waals surface area contributed by atoms with Gasteiger partial charge in [0.25, 0.3) is 0 Å². The van der Waals surface area contributed by atoms with Crippen LogP contribution in [0.15, 0.2) is 53.4 Å². The van der Waals surface area contributed by atoms with Crippen LogP contribution in [-0.4, -0.2) is 62.9 Å². The van der Waals surface area contributed by atoms with Gasteiger partial charge in [-0.2, -0.15) is 9.57 Å². The van der Waals surface area contributed by atoms with Crippen molar-refractivity contribution in [2.45, 2.75) is 24.3 Å². The smallest absolute Gasteiger partial charge is 0.317 e. The Morgan fingerprint density at radius 1 is 0.906 bits per heavy atom. The van der Waals surface area contributed by atoms with E-state index in [9.17, 15) is 13.2 Å². The second-order valence-corrected chi connectivity index (χ2v) is 9.98. The average Bonchev–Trinajstić information content (AvgIpc) is 3.38. The molecule has 0 spiro atoms. The average molecular weight is 454 g/mol. The maximum atomic E-state index is 12.8. The number of carbonyl (C=O) groups excluding carboxylic acids is 1. The lowest BCUT2D eigenvalue weighted by Gasteiger charge is -2.34. The molecule has 32 heavy (non-hydrogen) atoms. The van der Waals surface area contributed by atoms with Gasteiger partial charge in [-0.25, -0.2) is 13.2 Å². The molecule has 0 saturated carbocycles. The minimum Gasteiger partial charge on any atom is -0.372 e. The second kappa shape index (κ2) is 9.59. The second-order valence-electron chi connectivity index (χ2n) is 8.05. The van der Waals surface area contributed by atoms with E-state index in [0.717, 1.165) is 18.7 Å². The Hall–Kier alpha value is -3.09. The molecule has 0 aliphatic carbocycles. The van der Waals surface area contributed by atoms with Crippen molar-refractivity contribution in [1.82, 2.24) is 14.5 Å². The quantitative estimate of drug-likeness (QED) is 0.750. The highest BCUT2D eigenvalue weighted by molar-refractivity contribution is 7.89. The first-order valence-corrected chi connectivity index (χ1v) is 12.3. The molecule has 2 saturated heterocycles. The maximum absolute atomic E-state index is 12.8. The monoisotopic (exact) mass is 453 g/mol. The van der Waals surface area contributed by atoms with Gasteiger partial charge in [-0.05, 0) is 54.8 Å². The Morgan fingerprint density at radius 3 is 2.12 bits per heavy atom. The summed E-state index contributed by atoms with van der Waals surface area (Å²) < 4.78 is 27.0. The molecular weight excluding hydrogens is 426 g/mol. The number of anilines is 1. The van der Waals surface area contributed by atoms with Crippen molar-refractivity contribution in [2.24, 2.45) is 0 Å². The summed E-state index contributed by atoms with van der Waals surface area (Å²) in [5.74, 6) is 0. The fourth-order valence-electron chi connectivity index (χ4n) is 4.07. The minimum absolute atomic E-state index is 0.159. The fraction of sp³-hybridized carbons (Fsp3) is 0.391. The third-order valence-corrected chi connectivity index (χ3v) is 7.91. The molecular formula is C23H27N5O3S. The standard InChI is InChI=1S/C23H27N5O3S/c24-17-19-5-9-22(10-6-19)32(30,31)28-15-13-27(14-16-28)23(29)25-18-20-3-7-21(8-4-20)26-11-1-2-12-26/h3-10H,1-2,11-16,18H2,(H,25,29). The number of nitrogens with one attached hydrogen (secondary N) is 1. The fourth-order valence-corrected chi connectivity index (χ4v) is 5.49. The summed E-state index contributed by atoms with van der Waals surface area (Å²) in [5.41, 5.74) is 2.66. The number of urea groups is 1. The van der Waals surface area contributed by atoms with Gasteiger partial charge < -0.3 is 15.1 Å². The summed E-state index contributed by atoms with van der Waals surface area (Å²) in [4.78, 5) is 16.7. The van der Waals surface area contributed by atoms with Crippen molar-refractivity contribution in [2.75, 3.05) is 44.2 Å². The first kappa shape index (κ1) is 22.1. The van der Waals surface area contributed by atoms with Crippen LogP contribution in [-0.2, 0) is 16.6 Å². The number of benzene rings is 2.